The summed E-state index contributed by atoms with van der Waals surface area (Å²) in [4.78, 5) is 10.8. The minimum Gasteiger partial charge on any atom is -0.359 e. The normalized spacial score (nSPS) is 11.3. The Morgan fingerprint density at radius 3 is 2.58 bits per heavy atom. The molecule has 0 aliphatic rings. The van der Waals surface area contributed by atoms with Crippen molar-refractivity contribution in [2.45, 2.75) is 37.9 Å². The summed E-state index contributed by atoms with van der Waals surface area (Å²) in [6.07, 6.45) is 2.57. The fourth-order valence-electron chi connectivity index (χ4n) is 0.845. The summed E-state index contributed by atoms with van der Waals surface area (Å²) in [6.45, 7) is 4.27. The minimum atomic E-state index is 0.120. The van der Waals surface area contributed by atoms with Crippen LogP contribution in [0.15, 0.2) is 0 Å². The first-order valence-corrected chi connectivity index (χ1v) is 5.92. The molecule has 0 aliphatic carbocycles. The lowest BCUT2D eigenvalue weighted by Crippen LogP contribution is -2.19. The first-order chi connectivity index (χ1) is 5.52. The van der Waals surface area contributed by atoms with E-state index in [1.807, 2.05) is 0 Å². The Morgan fingerprint density at radius 1 is 1.58 bits per heavy atom. The predicted molar refractivity (Wildman–Crippen MR) is 58.6 cm³/mol. The minimum absolute atomic E-state index is 0.120. The summed E-state index contributed by atoms with van der Waals surface area (Å²) in [5, 5.41) is 2.60. The molecule has 12 heavy (non-hydrogen) atoms. The number of carbonyl (C=O) groups excluding carboxylic acids is 1. The first kappa shape index (κ1) is 12.2. The lowest BCUT2D eigenvalue weighted by molar-refractivity contribution is -0.120. The summed E-state index contributed by atoms with van der Waals surface area (Å²) in [5.41, 5.74) is 0. The number of rotatable bonds is 5. The van der Waals surface area contributed by atoms with Crippen molar-refractivity contribution in [3.8, 4) is 0 Å². The van der Waals surface area contributed by atoms with E-state index in [2.05, 4.69) is 30.8 Å². The van der Waals surface area contributed by atoms with E-state index in [1.54, 1.807) is 17.8 Å². The Kier molecular flexibility index (Phi) is 5.84. The van der Waals surface area contributed by atoms with E-state index < -0.39 is 0 Å². The summed E-state index contributed by atoms with van der Waals surface area (Å²) in [5.74, 6) is 0.120. The van der Waals surface area contributed by atoms with Gasteiger partial charge in [-0.25, -0.2) is 0 Å². The number of amides is 1. The molecule has 0 saturated carbocycles. The molecule has 0 saturated heterocycles. The molecule has 0 aliphatic heterocycles. The van der Waals surface area contributed by atoms with E-state index in [1.165, 1.54) is 0 Å². The summed E-state index contributed by atoms with van der Waals surface area (Å²) >= 11 is 4.16. The molecule has 0 spiro atoms. The fraction of sp³-hybridized carbons (Fsp3) is 0.875. The van der Waals surface area contributed by atoms with Crippen molar-refractivity contribution >= 4 is 28.4 Å². The smallest absolute Gasteiger partial charge is 0.219 e. The first-order valence-electron chi connectivity index (χ1n) is 4.05. The number of nitrogens with one attached hydrogen (secondary N) is 1. The van der Waals surface area contributed by atoms with Gasteiger partial charge in [0.25, 0.3) is 0 Å². The van der Waals surface area contributed by atoms with E-state index in [4.69, 9.17) is 0 Å². The number of thiol groups is 1. The molecule has 0 aromatic rings. The van der Waals surface area contributed by atoms with E-state index in [0.717, 1.165) is 12.8 Å². The Hall–Kier alpha value is 0.170. The van der Waals surface area contributed by atoms with Gasteiger partial charge in [0.15, 0.2) is 0 Å². The molecule has 0 atom stereocenters. The van der Waals surface area contributed by atoms with E-state index in [9.17, 15) is 4.79 Å². The molecule has 0 heterocycles. The van der Waals surface area contributed by atoms with Crippen molar-refractivity contribution in [2.24, 2.45) is 0 Å². The number of carbonyl (C=O) groups is 1. The second-order valence-corrected chi connectivity index (χ2v) is 5.21. The van der Waals surface area contributed by atoms with E-state index >= 15 is 0 Å². The Morgan fingerprint density at radius 2 is 2.17 bits per heavy atom. The Balaban J connectivity index is 3.49. The third kappa shape index (κ3) is 5.77. The lowest BCUT2D eigenvalue weighted by Gasteiger charge is -2.20. The molecule has 0 bridgehead atoms. The van der Waals surface area contributed by atoms with Crippen molar-refractivity contribution in [2.75, 3.05) is 7.05 Å². The number of hydrogen-bond donors (Lipinski definition) is 2. The monoisotopic (exact) mass is 207 g/mol. The van der Waals surface area contributed by atoms with Gasteiger partial charge in [0, 0.05) is 18.2 Å². The molecule has 0 rings (SSSR count). The van der Waals surface area contributed by atoms with Crippen molar-refractivity contribution in [1.82, 2.24) is 5.32 Å². The molecular formula is C8H17NOS2. The molecule has 0 aromatic carbocycles. The van der Waals surface area contributed by atoms with E-state index in [0.29, 0.717) is 6.42 Å². The van der Waals surface area contributed by atoms with Gasteiger partial charge in [-0.1, -0.05) is 10.8 Å². The average molecular weight is 207 g/mol. The van der Waals surface area contributed by atoms with Gasteiger partial charge in [-0.3, -0.25) is 4.79 Å². The van der Waals surface area contributed by atoms with Crippen molar-refractivity contribution in [3.63, 3.8) is 0 Å². The van der Waals surface area contributed by atoms with Crippen LogP contribution in [0.5, 0.6) is 0 Å². The average Bonchev–Trinajstić information content (AvgIpc) is 2.04. The highest BCUT2D eigenvalue weighted by atomic mass is 33.1. The van der Waals surface area contributed by atoms with Crippen LogP contribution >= 0.6 is 22.5 Å². The van der Waals surface area contributed by atoms with Crippen LogP contribution in [0.1, 0.15) is 33.1 Å². The van der Waals surface area contributed by atoms with Crippen LogP contribution in [0.4, 0.5) is 0 Å². The quantitative estimate of drug-likeness (QED) is 0.535. The second kappa shape index (κ2) is 5.75. The van der Waals surface area contributed by atoms with Crippen LogP contribution in [0, 0.1) is 0 Å². The maximum atomic E-state index is 10.8. The summed E-state index contributed by atoms with van der Waals surface area (Å²) in [7, 11) is 3.22. The molecule has 0 fully saturated rings. The van der Waals surface area contributed by atoms with Crippen molar-refractivity contribution < 1.29 is 4.79 Å². The van der Waals surface area contributed by atoms with Crippen molar-refractivity contribution in [1.29, 1.82) is 0 Å². The zero-order chi connectivity index (χ0) is 9.61. The topological polar surface area (TPSA) is 29.1 Å². The maximum absolute atomic E-state index is 10.8. The van der Waals surface area contributed by atoms with Crippen LogP contribution in [0.25, 0.3) is 0 Å². The third-order valence-electron chi connectivity index (χ3n) is 1.71. The van der Waals surface area contributed by atoms with Crippen molar-refractivity contribution in [3.05, 3.63) is 0 Å². The standard InChI is InChI=1S/C8H17NOS2/c1-8(2,12-11)6-4-5-7(10)9-3/h11H,4-6H2,1-3H3,(H,9,10). The molecule has 72 valence electrons. The molecule has 2 nitrogen and oxygen atoms in total. The Labute approximate surface area is 83.7 Å². The van der Waals surface area contributed by atoms with Crippen LogP contribution in [-0.4, -0.2) is 17.7 Å². The molecule has 0 aromatic heterocycles. The molecule has 0 radical (unpaired) electrons. The fourth-order valence-corrected chi connectivity index (χ4v) is 1.35. The zero-order valence-corrected chi connectivity index (χ0v) is 9.60. The largest absolute Gasteiger partial charge is 0.359 e. The van der Waals surface area contributed by atoms with Crippen LogP contribution in [0.3, 0.4) is 0 Å². The van der Waals surface area contributed by atoms with Crippen LogP contribution in [-0.2, 0) is 4.79 Å². The van der Waals surface area contributed by atoms with Crippen LogP contribution < -0.4 is 5.32 Å². The lowest BCUT2D eigenvalue weighted by atomic mass is 10.1. The van der Waals surface area contributed by atoms with Gasteiger partial charge in [0.05, 0.1) is 0 Å². The molecular weight excluding hydrogens is 190 g/mol. The maximum Gasteiger partial charge on any atom is 0.219 e. The van der Waals surface area contributed by atoms with Gasteiger partial charge in [0.2, 0.25) is 5.91 Å². The second-order valence-electron chi connectivity index (χ2n) is 3.38. The molecule has 1 N–H and O–H groups in total. The summed E-state index contributed by atoms with van der Waals surface area (Å²) in [6, 6.07) is 0. The summed E-state index contributed by atoms with van der Waals surface area (Å²) < 4.78 is 0.178. The third-order valence-corrected chi connectivity index (χ3v) is 3.89. The highest BCUT2D eigenvalue weighted by Crippen LogP contribution is 2.32. The van der Waals surface area contributed by atoms with Gasteiger partial charge < -0.3 is 5.32 Å². The van der Waals surface area contributed by atoms with E-state index in [-0.39, 0.29) is 10.7 Å². The number of hydrogen-bond acceptors (Lipinski definition) is 3. The predicted octanol–water partition coefficient (Wildman–Crippen LogP) is 2.26. The molecule has 4 heteroatoms. The van der Waals surface area contributed by atoms with Gasteiger partial charge in [0.1, 0.15) is 0 Å². The van der Waals surface area contributed by atoms with Crippen LogP contribution in [0.2, 0.25) is 0 Å². The Bertz CT molecular complexity index is 148. The SMILES string of the molecule is CNC(=O)CCCC(C)(C)SS. The molecule has 0 unspecified atom stereocenters. The highest BCUT2D eigenvalue weighted by Gasteiger charge is 2.16. The van der Waals surface area contributed by atoms with Gasteiger partial charge in [-0.05, 0) is 26.7 Å². The zero-order valence-electron chi connectivity index (χ0n) is 7.89. The van der Waals surface area contributed by atoms with Gasteiger partial charge in [-0.2, -0.15) is 0 Å². The highest BCUT2D eigenvalue weighted by molar-refractivity contribution is 8.69. The van der Waals surface area contributed by atoms with Gasteiger partial charge in [-0.15, -0.1) is 11.7 Å². The van der Waals surface area contributed by atoms with Gasteiger partial charge >= 0.3 is 0 Å². The molecule has 1 amide bonds.